The average Bonchev–Trinajstić information content (AvgIpc) is 3.49. The van der Waals surface area contributed by atoms with Crippen LogP contribution >= 0.6 is 0 Å². The maximum absolute atomic E-state index is 13.3. The third kappa shape index (κ3) is 4.11. The van der Waals surface area contributed by atoms with Crippen molar-refractivity contribution in [3.8, 4) is 5.75 Å². The number of fused-ring (bicyclic) bond motifs is 1. The predicted molar refractivity (Wildman–Crippen MR) is 124 cm³/mol. The Hall–Kier alpha value is -2.87. The summed E-state index contributed by atoms with van der Waals surface area (Å²) in [5.74, 6) is 2.37. The molecule has 8 nitrogen and oxygen atoms in total. The van der Waals surface area contributed by atoms with E-state index in [1.54, 1.807) is 0 Å². The predicted octanol–water partition coefficient (Wildman–Crippen LogP) is 3.04. The lowest BCUT2D eigenvalue weighted by atomic mass is 9.94. The Balaban J connectivity index is 1.22. The maximum atomic E-state index is 13.3. The zero-order valence-electron chi connectivity index (χ0n) is 18.9. The van der Waals surface area contributed by atoms with E-state index in [1.165, 1.54) is 12.8 Å². The van der Waals surface area contributed by atoms with Crippen molar-refractivity contribution in [2.45, 2.75) is 50.1 Å². The molecule has 1 atom stereocenters. The number of carbonyl (C=O) groups excluding carboxylic acids is 1. The number of amides is 1. The topological polar surface area (TPSA) is 82.6 Å². The highest BCUT2D eigenvalue weighted by Crippen LogP contribution is 2.40. The van der Waals surface area contributed by atoms with Crippen molar-refractivity contribution in [3.05, 3.63) is 36.0 Å². The summed E-state index contributed by atoms with van der Waals surface area (Å²) < 4.78 is 5.74. The number of aromatic nitrogens is 2. The molecule has 8 heteroatoms. The van der Waals surface area contributed by atoms with Crippen LogP contribution in [0.4, 0.5) is 17.5 Å². The second-order valence-electron chi connectivity index (χ2n) is 9.44. The van der Waals surface area contributed by atoms with E-state index >= 15 is 0 Å². The first kappa shape index (κ1) is 21.0. The van der Waals surface area contributed by atoms with Gasteiger partial charge in [-0.05, 0) is 57.6 Å². The van der Waals surface area contributed by atoms with E-state index in [9.17, 15) is 4.79 Å². The van der Waals surface area contributed by atoms with Gasteiger partial charge in [0.15, 0.2) is 0 Å². The van der Waals surface area contributed by atoms with Crippen LogP contribution in [0.5, 0.6) is 5.75 Å². The van der Waals surface area contributed by atoms with Gasteiger partial charge in [0.2, 0.25) is 11.9 Å². The molecule has 1 aromatic carbocycles. The van der Waals surface area contributed by atoms with Crippen LogP contribution in [0.25, 0.3) is 0 Å². The molecule has 1 aliphatic carbocycles. The highest BCUT2D eigenvalue weighted by molar-refractivity contribution is 5.94. The molecule has 1 saturated carbocycles. The largest absolute Gasteiger partial charge is 0.492 e. The van der Waals surface area contributed by atoms with Gasteiger partial charge in [-0.15, -0.1) is 0 Å². The minimum absolute atomic E-state index is 0.238. The molecule has 1 saturated heterocycles. The number of hydrogen-bond donors (Lipinski definition) is 2. The van der Waals surface area contributed by atoms with Crippen LogP contribution < -0.4 is 15.4 Å². The molecule has 0 radical (unpaired) electrons. The Morgan fingerprint density at radius 2 is 2.03 bits per heavy atom. The summed E-state index contributed by atoms with van der Waals surface area (Å²) in [6.07, 6.45) is 8.10. The summed E-state index contributed by atoms with van der Waals surface area (Å²) in [7, 11) is 4.05. The van der Waals surface area contributed by atoms with E-state index in [4.69, 9.17) is 4.74 Å². The van der Waals surface area contributed by atoms with Crippen LogP contribution in [-0.2, 0) is 11.2 Å². The molecule has 170 valence electrons. The number of rotatable bonds is 7. The molecule has 5 rings (SSSR count). The minimum atomic E-state index is -0.538. The lowest BCUT2D eigenvalue weighted by molar-refractivity contribution is -0.133. The van der Waals surface area contributed by atoms with Crippen molar-refractivity contribution in [1.29, 1.82) is 0 Å². The number of likely N-dealkylation sites (tertiary alicyclic amines) is 1. The molecular formula is C24H32N6O2. The number of anilines is 3. The first-order valence-corrected chi connectivity index (χ1v) is 11.6. The van der Waals surface area contributed by atoms with E-state index in [2.05, 4.69) is 30.4 Å². The van der Waals surface area contributed by atoms with Gasteiger partial charge in [-0.1, -0.05) is 12.8 Å². The van der Waals surface area contributed by atoms with Gasteiger partial charge in [0.25, 0.3) is 0 Å². The Morgan fingerprint density at radius 1 is 1.25 bits per heavy atom. The minimum Gasteiger partial charge on any atom is -0.492 e. The summed E-state index contributed by atoms with van der Waals surface area (Å²) in [6.45, 7) is 2.36. The molecule has 32 heavy (non-hydrogen) atoms. The highest BCUT2D eigenvalue weighted by Gasteiger charge is 2.52. The van der Waals surface area contributed by atoms with Gasteiger partial charge in [-0.3, -0.25) is 4.79 Å². The number of benzene rings is 1. The molecule has 2 aromatic rings. The maximum Gasteiger partial charge on any atom is 0.248 e. The first-order chi connectivity index (χ1) is 15.5. The van der Waals surface area contributed by atoms with Gasteiger partial charge in [-0.25, -0.2) is 4.98 Å². The fraction of sp³-hybridized carbons (Fsp3) is 0.542. The van der Waals surface area contributed by atoms with Crippen molar-refractivity contribution < 1.29 is 9.53 Å². The van der Waals surface area contributed by atoms with Crippen LogP contribution in [-0.4, -0.2) is 71.0 Å². The van der Waals surface area contributed by atoms with Crippen LogP contribution in [0.1, 0.15) is 37.7 Å². The molecule has 1 spiro atoms. The van der Waals surface area contributed by atoms with Gasteiger partial charge in [0, 0.05) is 43.0 Å². The molecule has 0 bridgehead atoms. The fourth-order valence-corrected chi connectivity index (χ4v) is 5.05. The lowest BCUT2D eigenvalue weighted by Gasteiger charge is -2.27. The molecule has 1 amide bonds. The van der Waals surface area contributed by atoms with Crippen LogP contribution in [0.3, 0.4) is 0 Å². The number of hydrogen-bond acceptors (Lipinski definition) is 7. The van der Waals surface area contributed by atoms with Crippen LogP contribution in [0.15, 0.2) is 30.5 Å². The fourth-order valence-electron chi connectivity index (χ4n) is 5.05. The van der Waals surface area contributed by atoms with Gasteiger partial charge in [0.1, 0.15) is 23.7 Å². The summed E-state index contributed by atoms with van der Waals surface area (Å²) in [6, 6.07) is 8.21. The van der Waals surface area contributed by atoms with Gasteiger partial charge in [-0.2, -0.15) is 4.98 Å². The van der Waals surface area contributed by atoms with Gasteiger partial charge in [0.05, 0.1) is 0 Å². The number of likely N-dealkylation sites (N-methyl/N-ethyl adjacent to an activating group) is 1. The lowest BCUT2D eigenvalue weighted by Crippen LogP contribution is -2.47. The highest BCUT2D eigenvalue weighted by atomic mass is 16.5. The van der Waals surface area contributed by atoms with E-state index in [1.807, 2.05) is 44.6 Å². The number of carbonyl (C=O) groups is 1. The summed E-state index contributed by atoms with van der Waals surface area (Å²) in [4.78, 5) is 26.7. The summed E-state index contributed by atoms with van der Waals surface area (Å²) >= 11 is 0. The third-order valence-corrected chi connectivity index (χ3v) is 6.85. The van der Waals surface area contributed by atoms with Crippen molar-refractivity contribution in [2.24, 2.45) is 0 Å². The Kier molecular flexibility index (Phi) is 5.63. The Morgan fingerprint density at radius 3 is 2.78 bits per heavy atom. The summed E-state index contributed by atoms with van der Waals surface area (Å²) in [5.41, 5.74) is 1.37. The SMILES string of the molecule is CN(C)CCOc1ccc(Nc2ncc3c(n2)NC2(CCN(C4CCCC4)C2=O)C3)cc1. The number of ether oxygens (including phenoxy) is 1. The van der Waals surface area contributed by atoms with E-state index in [-0.39, 0.29) is 5.91 Å². The molecule has 1 unspecified atom stereocenters. The number of nitrogens with one attached hydrogen (secondary N) is 2. The van der Waals surface area contributed by atoms with E-state index in [0.29, 0.717) is 25.0 Å². The normalized spacial score (nSPS) is 22.6. The molecule has 3 heterocycles. The number of nitrogens with zero attached hydrogens (tertiary/aromatic N) is 4. The average molecular weight is 437 g/mol. The second-order valence-corrected chi connectivity index (χ2v) is 9.44. The van der Waals surface area contributed by atoms with E-state index < -0.39 is 5.54 Å². The second kappa shape index (κ2) is 8.58. The molecule has 1 aromatic heterocycles. The first-order valence-electron chi connectivity index (χ1n) is 11.6. The molecule has 2 N–H and O–H groups in total. The standard InChI is InChI=1S/C24H32N6O2/c1-29(2)13-14-32-20-9-7-18(8-10-20)26-23-25-16-17-15-24(28-21(17)27-23)11-12-30(22(24)31)19-5-3-4-6-19/h7-10,16,19H,3-6,11-15H2,1-2H3,(H2,25,26,27,28). The van der Waals surface area contributed by atoms with Crippen LogP contribution in [0.2, 0.25) is 0 Å². The quantitative estimate of drug-likeness (QED) is 0.690. The molecule has 3 aliphatic rings. The smallest absolute Gasteiger partial charge is 0.248 e. The monoisotopic (exact) mass is 436 g/mol. The molecule has 2 fully saturated rings. The molecular weight excluding hydrogens is 404 g/mol. The van der Waals surface area contributed by atoms with Gasteiger partial charge >= 0.3 is 0 Å². The van der Waals surface area contributed by atoms with Crippen LogP contribution in [0, 0.1) is 0 Å². The zero-order valence-corrected chi connectivity index (χ0v) is 18.9. The van der Waals surface area contributed by atoms with Crippen molar-refractivity contribution >= 4 is 23.4 Å². The Bertz CT molecular complexity index is 973. The van der Waals surface area contributed by atoms with Gasteiger partial charge < -0.3 is 25.2 Å². The van der Waals surface area contributed by atoms with Crippen molar-refractivity contribution in [2.75, 3.05) is 44.4 Å². The zero-order chi connectivity index (χ0) is 22.1. The molecule has 2 aliphatic heterocycles. The summed E-state index contributed by atoms with van der Waals surface area (Å²) in [5, 5.41) is 6.73. The van der Waals surface area contributed by atoms with Crippen molar-refractivity contribution in [1.82, 2.24) is 19.8 Å². The van der Waals surface area contributed by atoms with Crippen molar-refractivity contribution in [3.63, 3.8) is 0 Å². The third-order valence-electron chi connectivity index (χ3n) is 6.85. The Labute approximate surface area is 189 Å². The van der Waals surface area contributed by atoms with E-state index in [0.717, 1.165) is 55.2 Å².